The zero-order chi connectivity index (χ0) is 17.6. The Morgan fingerprint density at radius 3 is 2.68 bits per heavy atom. The van der Waals surface area contributed by atoms with Gasteiger partial charge >= 0.3 is 0 Å². The van der Waals surface area contributed by atoms with E-state index < -0.39 is 0 Å². The zero-order valence-electron chi connectivity index (χ0n) is 13.8. The van der Waals surface area contributed by atoms with Gasteiger partial charge in [0.15, 0.2) is 5.52 Å². The maximum absolute atomic E-state index is 12.9. The van der Waals surface area contributed by atoms with E-state index in [0.29, 0.717) is 34.3 Å². The van der Waals surface area contributed by atoms with Gasteiger partial charge in [-0.05, 0) is 25.1 Å². The summed E-state index contributed by atoms with van der Waals surface area (Å²) in [5.41, 5.74) is 0.926. The summed E-state index contributed by atoms with van der Waals surface area (Å²) in [4.78, 5) is 17.1. The van der Waals surface area contributed by atoms with Crippen LogP contribution in [0.4, 0.5) is 0 Å². The SMILES string of the molecule is COc1ccc(OC)c(-n2ccc3c(nnc4nc(C)nn43)c2=O)c1. The second kappa shape index (κ2) is 5.55. The summed E-state index contributed by atoms with van der Waals surface area (Å²) in [6.07, 6.45) is 1.64. The van der Waals surface area contributed by atoms with Gasteiger partial charge in [0.2, 0.25) is 0 Å². The molecule has 0 aliphatic rings. The summed E-state index contributed by atoms with van der Waals surface area (Å²) in [7, 11) is 3.10. The van der Waals surface area contributed by atoms with Crippen molar-refractivity contribution in [3.05, 3.63) is 46.6 Å². The fraction of sp³-hybridized carbons (Fsp3) is 0.188. The van der Waals surface area contributed by atoms with Crippen molar-refractivity contribution < 1.29 is 9.47 Å². The van der Waals surface area contributed by atoms with Gasteiger partial charge in [0, 0.05) is 12.3 Å². The first kappa shape index (κ1) is 15.1. The van der Waals surface area contributed by atoms with Crippen molar-refractivity contribution in [2.75, 3.05) is 14.2 Å². The molecule has 0 amide bonds. The monoisotopic (exact) mass is 338 g/mol. The number of methoxy groups -OCH3 is 2. The van der Waals surface area contributed by atoms with Crippen LogP contribution >= 0.6 is 0 Å². The lowest BCUT2D eigenvalue weighted by molar-refractivity contribution is 0.401. The molecule has 3 heterocycles. The van der Waals surface area contributed by atoms with Crippen molar-refractivity contribution >= 4 is 16.8 Å². The molecule has 0 bridgehead atoms. The van der Waals surface area contributed by atoms with Crippen molar-refractivity contribution in [2.45, 2.75) is 6.92 Å². The first-order valence-electron chi connectivity index (χ1n) is 7.46. The van der Waals surface area contributed by atoms with E-state index in [0.717, 1.165) is 0 Å². The fourth-order valence-electron chi connectivity index (χ4n) is 2.68. The smallest absolute Gasteiger partial charge is 0.285 e. The van der Waals surface area contributed by atoms with E-state index in [1.165, 1.54) is 9.08 Å². The van der Waals surface area contributed by atoms with E-state index in [-0.39, 0.29) is 11.1 Å². The van der Waals surface area contributed by atoms with Gasteiger partial charge in [0.1, 0.15) is 22.8 Å². The molecule has 3 aromatic heterocycles. The van der Waals surface area contributed by atoms with Crippen LogP contribution in [0.3, 0.4) is 0 Å². The highest BCUT2D eigenvalue weighted by molar-refractivity contribution is 5.75. The van der Waals surface area contributed by atoms with Crippen LogP contribution in [0, 0.1) is 6.92 Å². The molecule has 0 fully saturated rings. The minimum Gasteiger partial charge on any atom is -0.497 e. The van der Waals surface area contributed by atoms with Crippen LogP contribution in [0.2, 0.25) is 0 Å². The van der Waals surface area contributed by atoms with Gasteiger partial charge in [0.05, 0.1) is 19.9 Å². The molecule has 0 aliphatic carbocycles. The quantitative estimate of drug-likeness (QED) is 0.553. The number of benzene rings is 1. The van der Waals surface area contributed by atoms with Crippen LogP contribution in [0.5, 0.6) is 11.5 Å². The van der Waals surface area contributed by atoms with Crippen LogP contribution in [0.15, 0.2) is 35.3 Å². The van der Waals surface area contributed by atoms with Crippen LogP contribution in [0.25, 0.3) is 22.5 Å². The number of ether oxygens (including phenoxy) is 2. The highest BCUT2D eigenvalue weighted by Gasteiger charge is 2.15. The molecule has 4 rings (SSSR count). The third kappa shape index (κ3) is 2.28. The maximum atomic E-state index is 12.9. The molecule has 4 aromatic rings. The summed E-state index contributed by atoms with van der Waals surface area (Å²) < 4.78 is 13.5. The van der Waals surface area contributed by atoms with E-state index in [2.05, 4.69) is 20.3 Å². The van der Waals surface area contributed by atoms with E-state index in [1.807, 2.05) is 0 Å². The van der Waals surface area contributed by atoms with Crippen molar-refractivity contribution in [1.29, 1.82) is 0 Å². The van der Waals surface area contributed by atoms with Crippen molar-refractivity contribution in [3.63, 3.8) is 0 Å². The molecular weight excluding hydrogens is 324 g/mol. The van der Waals surface area contributed by atoms with Crippen molar-refractivity contribution in [2.24, 2.45) is 0 Å². The van der Waals surface area contributed by atoms with Crippen LogP contribution in [-0.2, 0) is 0 Å². The summed E-state index contributed by atoms with van der Waals surface area (Å²) in [5.74, 6) is 2.05. The van der Waals surface area contributed by atoms with Gasteiger partial charge in [-0.15, -0.1) is 15.3 Å². The maximum Gasteiger partial charge on any atom is 0.285 e. The predicted octanol–water partition coefficient (Wildman–Crippen LogP) is 1.15. The number of aromatic nitrogens is 6. The van der Waals surface area contributed by atoms with Gasteiger partial charge in [0.25, 0.3) is 11.3 Å². The van der Waals surface area contributed by atoms with Crippen molar-refractivity contribution in [3.8, 4) is 17.2 Å². The minimum atomic E-state index is -0.341. The Hall–Kier alpha value is -3.49. The van der Waals surface area contributed by atoms with Gasteiger partial charge in [-0.1, -0.05) is 0 Å². The average Bonchev–Trinajstić information content (AvgIpc) is 3.02. The fourth-order valence-corrected chi connectivity index (χ4v) is 2.68. The molecule has 0 aliphatic heterocycles. The molecule has 0 atom stereocenters. The Kier molecular flexibility index (Phi) is 3.34. The average molecular weight is 338 g/mol. The summed E-state index contributed by atoms with van der Waals surface area (Å²) >= 11 is 0. The lowest BCUT2D eigenvalue weighted by Crippen LogP contribution is -2.20. The van der Waals surface area contributed by atoms with E-state index >= 15 is 0 Å². The Balaban J connectivity index is 2.02. The van der Waals surface area contributed by atoms with Crippen LogP contribution < -0.4 is 15.0 Å². The second-order valence-electron chi connectivity index (χ2n) is 5.33. The van der Waals surface area contributed by atoms with Crippen LogP contribution in [-0.4, -0.2) is 43.6 Å². The summed E-state index contributed by atoms with van der Waals surface area (Å²) in [5, 5.41) is 12.3. The van der Waals surface area contributed by atoms with Gasteiger partial charge in [-0.3, -0.25) is 9.36 Å². The molecule has 0 saturated heterocycles. The largest absolute Gasteiger partial charge is 0.497 e. The van der Waals surface area contributed by atoms with Gasteiger partial charge in [-0.2, -0.15) is 9.50 Å². The molecule has 0 radical (unpaired) electrons. The zero-order valence-corrected chi connectivity index (χ0v) is 13.8. The Morgan fingerprint density at radius 2 is 1.92 bits per heavy atom. The first-order valence-corrected chi connectivity index (χ1v) is 7.46. The van der Waals surface area contributed by atoms with Crippen LogP contribution in [0.1, 0.15) is 5.82 Å². The molecule has 25 heavy (non-hydrogen) atoms. The standard InChI is InChI=1S/C16H14N6O3/c1-9-17-16-19-18-14-11(22(16)20-9)6-7-21(15(14)23)12-8-10(24-2)4-5-13(12)25-3/h4-8H,1-3H3. The second-order valence-corrected chi connectivity index (χ2v) is 5.33. The number of hydrogen-bond acceptors (Lipinski definition) is 7. The molecule has 1 aromatic carbocycles. The highest BCUT2D eigenvalue weighted by Crippen LogP contribution is 2.27. The third-order valence-electron chi connectivity index (χ3n) is 3.85. The normalized spacial score (nSPS) is 11.2. The van der Waals surface area contributed by atoms with Crippen molar-refractivity contribution in [1.82, 2.24) is 29.4 Å². The molecule has 0 spiro atoms. The number of nitrogens with zero attached hydrogens (tertiary/aromatic N) is 6. The van der Waals surface area contributed by atoms with Gasteiger partial charge < -0.3 is 9.47 Å². The first-order chi connectivity index (χ1) is 12.1. The molecule has 0 saturated carbocycles. The van der Waals surface area contributed by atoms with E-state index in [9.17, 15) is 4.79 Å². The number of aryl methyl sites for hydroxylation is 1. The lowest BCUT2D eigenvalue weighted by atomic mass is 10.2. The molecule has 126 valence electrons. The molecule has 9 heteroatoms. The predicted molar refractivity (Wildman–Crippen MR) is 89.5 cm³/mol. The Labute approximate surface area is 141 Å². The lowest BCUT2D eigenvalue weighted by Gasteiger charge is -2.12. The number of hydrogen-bond donors (Lipinski definition) is 0. The molecule has 0 N–H and O–H groups in total. The minimum absolute atomic E-state index is 0.185. The van der Waals surface area contributed by atoms with E-state index in [4.69, 9.17) is 9.47 Å². The summed E-state index contributed by atoms with van der Waals surface area (Å²) in [6.45, 7) is 1.75. The topological polar surface area (TPSA) is 96.4 Å². The number of fused-ring (bicyclic) bond motifs is 3. The molecular formula is C16H14N6O3. The van der Waals surface area contributed by atoms with Gasteiger partial charge in [-0.25, -0.2) is 0 Å². The Bertz CT molecular complexity index is 1160. The highest BCUT2D eigenvalue weighted by atomic mass is 16.5. The molecule has 0 unspecified atom stereocenters. The Morgan fingerprint density at radius 1 is 1.08 bits per heavy atom. The number of pyridine rings is 1. The third-order valence-corrected chi connectivity index (χ3v) is 3.85. The number of rotatable bonds is 3. The molecule has 9 nitrogen and oxygen atoms in total. The van der Waals surface area contributed by atoms with E-state index in [1.54, 1.807) is 51.6 Å². The summed E-state index contributed by atoms with van der Waals surface area (Å²) in [6, 6.07) is 6.96.